The Morgan fingerprint density at radius 3 is 2.71 bits per heavy atom. The average molecular weight is 366 g/mol. The maximum atomic E-state index is 13.7. The van der Waals surface area contributed by atoms with Crippen molar-refractivity contribution in [2.45, 2.75) is 32.6 Å². The van der Waals surface area contributed by atoms with Crippen LogP contribution >= 0.6 is 23.4 Å². The molecule has 5 heteroatoms. The fraction of sp³-hybridized carbons (Fsp3) is 0.316. The minimum Gasteiger partial charge on any atom is -0.349 e. The van der Waals surface area contributed by atoms with Crippen molar-refractivity contribution in [3.05, 3.63) is 69.5 Å². The quantitative estimate of drug-likeness (QED) is 0.761. The first-order valence-corrected chi connectivity index (χ1v) is 9.29. The van der Waals surface area contributed by atoms with Gasteiger partial charge in [-0.2, -0.15) is 0 Å². The van der Waals surface area contributed by atoms with E-state index in [1.54, 1.807) is 12.1 Å². The molecule has 2 aromatic rings. The second kappa shape index (κ2) is 8.54. The van der Waals surface area contributed by atoms with Gasteiger partial charge in [0.25, 0.3) is 0 Å². The molecule has 0 aromatic heterocycles. The van der Waals surface area contributed by atoms with Crippen LogP contribution in [0.1, 0.15) is 35.2 Å². The van der Waals surface area contributed by atoms with Crippen molar-refractivity contribution in [1.29, 1.82) is 0 Å². The highest BCUT2D eigenvalue weighted by Gasteiger charge is 2.13. The fourth-order valence-electron chi connectivity index (χ4n) is 2.59. The highest BCUT2D eigenvalue weighted by atomic mass is 35.5. The average Bonchev–Trinajstić information content (AvgIpc) is 2.50. The van der Waals surface area contributed by atoms with Crippen molar-refractivity contribution in [3.63, 3.8) is 0 Å². The van der Waals surface area contributed by atoms with Crippen molar-refractivity contribution < 1.29 is 9.18 Å². The molecule has 1 atom stereocenters. The number of carbonyl (C=O) groups is 1. The molecule has 2 aromatic carbocycles. The Labute approximate surface area is 151 Å². The predicted molar refractivity (Wildman–Crippen MR) is 100 cm³/mol. The summed E-state index contributed by atoms with van der Waals surface area (Å²) in [5.41, 5.74) is 3.91. The standard InChI is InChI=1S/C19H21ClFNOS/c1-12-7-8-15(13(2)9-12)14(3)22-19(23)11-24-10-16-17(20)5-4-6-18(16)21/h4-9,14H,10-11H2,1-3H3,(H,22,23)/t14-/m1/s1. The highest BCUT2D eigenvalue weighted by molar-refractivity contribution is 7.99. The van der Waals surface area contributed by atoms with Gasteiger partial charge in [-0.15, -0.1) is 11.8 Å². The Kier molecular flexibility index (Phi) is 6.69. The van der Waals surface area contributed by atoms with Crippen LogP contribution in [-0.4, -0.2) is 11.7 Å². The molecule has 24 heavy (non-hydrogen) atoms. The molecule has 0 bridgehead atoms. The minimum absolute atomic E-state index is 0.0595. The van der Waals surface area contributed by atoms with Crippen molar-refractivity contribution in [2.24, 2.45) is 0 Å². The van der Waals surface area contributed by atoms with E-state index in [0.29, 0.717) is 16.3 Å². The summed E-state index contributed by atoms with van der Waals surface area (Å²) in [6, 6.07) is 10.7. The first-order valence-electron chi connectivity index (χ1n) is 7.75. The Hall–Kier alpha value is -1.52. The summed E-state index contributed by atoms with van der Waals surface area (Å²) in [5.74, 6) is 0.232. The third-order valence-electron chi connectivity index (χ3n) is 3.81. The van der Waals surface area contributed by atoms with Crippen LogP contribution in [0.3, 0.4) is 0 Å². The topological polar surface area (TPSA) is 29.1 Å². The maximum Gasteiger partial charge on any atom is 0.230 e. The number of thioether (sulfide) groups is 1. The normalized spacial score (nSPS) is 12.0. The Bertz CT molecular complexity index is 715. The smallest absolute Gasteiger partial charge is 0.230 e. The Morgan fingerprint density at radius 2 is 2.04 bits per heavy atom. The Morgan fingerprint density at radius 1 is 1.29 bits per heavy atom. The molecule has 0 aliphatic rings. The zero-order valence-corrected chi connectivity index (χ0v) is 15.6. The van der Waals surface area contributed by atoms with Gasteiger partial charge in [-0.3, -0.25) is 4.79 Å². The first-order chi connectivity index (χ1) is 11.4. The zero-order valence-electron chi connectivity index (χ0n) is 14.0. The number of nitrogens with one attached hydrogen (secondary N) is 1. The van der Waals surface area contributed by atoms with Crippen LogP contribution in [0.4, 0.5) is 4.39 Å². The maximum absolute atomic E-state index is 13.7. The first kappa shape index (κ1) is 18.8. The lowest BCUT2D eigenvalue weighted by molar-refractivity contribution is -0.119. The molecule has 1 amide bonds. The van der Waals surface area contributed by atoms with Crippen LogP contribution in [0.25, 0.3) is 0 Å². The lowest BCUT2D eigenvalue weighted by atomic mass is 10.0. The molecule has 128 valence electrons. The minimum atomic E-state index is -0.334. The van der Waals surface area contributed by atoms with E-state index in [1.807, 2.05) is 32.9 Å². The Balaban J connectivity index is 1.87. The van der Waals surface area contributed by atoms with E-state index < -0.39 is 0 Å². The zero-order chi connectivity index (χ0) is 17.7. The lowest BCUT2D eigenvalue weighted by Crippen LogP contribution is -2.28. The molecule has 2 rings (SSSR count). The van der Waals surface area contributed by atoms with Crippen LogP contribution < -0.4 is 5.32 Å². The van der Waals surface area contributed by atoms with Crippen LogP contribution in [0, 0.1) is 19.7 Å². The monoisotopic (exact) mass is 365 g/mol. The number of rotatable bonds is 6. The number of aryl methyl sites for hydroxylation is 2. The van der Waals surface area contributed by atoms with Crippen LogP contribution in [0.15, 0.2) is 36.4 Å². The number of hydrogen-bond donors (Lipinski definition) is 1. The number of carbonyl (C=O) groups excluding carboxylic acids is 1. The van der Waals surface area contributed by atoms with Gasteiger partial charge < -0.3 is 5.32 Å². The van der Waals surface area contributed by atoms with E-state index >= 15 is 0 Å². The summed E-state index contributed by atoms with van der Waals surface area (Å²) in [4.78, 5) is 12.1. The summed E-state index contributed by atoms with van der Waals surface area (Å²) in [5, 5.41) is 3.38. The van der Waals surface area contributed by atoms with E-state index in [0.717, 1.165) is 11.1 Å². The summed E-state index contributed by atoms with van der Waals surface area (Å²) >= 11 is 7.34. The summed E-state index contributed by atoms with van der Waals surface area (Å²) in [6.07, 6.45) is 0. The van der Waals surface area contributed by atoms with Gasteiger partial charge in [-0.05, 0) is 44.0 Å². The fourth-order valence-corrected chi connectivity index (χ4v) is 3.77. The summed E-state index contributed by atoms with van der Waals surface area (Å²) < 4.78 is 13.7. The van der Waals surface area contributed by atoms with Gasteiger partial charge in [-0.25, -0.2) is 4.39 Å². The van der Waals surface area contributed by atoms with Gasteiger partial charge in [0.15, 0.2) is 0 Å². The largest absolute Gasteiger partial charge is 0.349 e. The van der Waals surface area contributed by atoms with E-state index in [2.05, 4.69) is 11.4 Å². The molecule has 0 heterocycles. The number of halogens is 2. The highest BCUT2D eigenvalue weighted by Crippen LogP contribution is 2.24. The third kappa shape index (κ3) is 4.99. The van der Waals surface area contributed by atoms with Crippen molar-refractivity contribution in [3.8, 4) is 0 Å². The molecule has 0 saturated heterocycles. The van der Waals surface area contributed by atoms with E-state index in [9.17, 15) is 9.18 Å². The molecule has 2 nitrogen and oxygen atoms in total. The number of amides is 1. The van der Waals surface area contributed by atoms with E-state index in [1.165, 1.54) is 23.4 Å². The predicted octanol–water partition coefficient (Wildman–Crippen LogP) is 5.21. The van der Waals surface area contributed by atoms with Crippen LogP contribution in [-0.2, 0) is 10.5 Å². The number of benzene rings is 2. The second-order valence-corrected chi connectivity index (χ2v) is 7.24. The van der Waals surface area contributed by atoms with Gasteiger partial charge in [0, 0.05) is 16.3 Å². The van der Waals surface area contributed by atoms with Crippen LogP contribution in [0.2, 0.25) is 5.02 Å². The summed E-state index contributed by atoms with van der Waals surface area (Å²) in [6.45, 7) is 6.05. The molecule has 0 radical (unpaired) electrons. The van der Waals surface area contributed by atoms with Gasteiger partial charge in [0.1, 0.15) is 5.82 Å². The molecular weight excluding hydrogens is 345 g/mol. The van der Waals surface area contributed by atoms with Crippen molar-refractivity contribution >= 4 is 29.3 Å². The second-order valence-electron chi connectivity index (χ2n) is 5.84. The van der Waals surface area contributed by atoms with Gasteiger partial charge in [-0.1, -0.05) is 41.4 Å². The molecule has 0 aliphatic carbocycles. The SMILES string of the molecule is Cc1ccc([C@@H](C)NC(=O)CSCc2c(F)cccc2Cl)c(C)c1. The van der Waals surface area contributed by atoms with Crippen molar-refractivity contribution in [2.75, 3.05) is 5.75 Å². The summed E-state index contributed by atoms with van der Waals surface area (Å²) in [7, 11) is 0. The van der Waals surface area contributed by atoms with Gasteiger partial charge in [0.05, 0.1) is 11.8 Å². The molecule has 1 N–H and O–H groups in total. The molecule has 0 aliphatic heterocycles. The molecule has 0 saturated carbocycles. The molecule has 0 unspecified atom stereocenters. The molecular formula is C19H21ClFNOS. The van der Waals surface area contributed by atoms with Gasteiger partial charge >= 0.3 is 0 Å². The van der Waals surface area contributed by atoms with Gasteiger partial charge in [0.2, 0.25) is 5.91 Å². The van der Waals surface area contributed by atoms with E-state index in [4.69, 9.17) is 11.6 Å². The number of hydrogen-bond acceptors (Lipinski definition) is 2. The van der Waals surface area contributed by atoms with E-state index in [-0.39, 0.29) is 23.5 Å². The van der Waals surface area contributed by atoms with Crippen molar-refractivity contribution in [1.82, 2.24) is 5.32 Å². The lowest BCUT2D eigenvalue weighted by Gasteiger charge is -2.17. The molecule has 0 fully saturated rings. The van der Waals surface area contributed by atoms with Crippen LogP contribution in [0.5, 0.6) is 0 Å². The third-order valence-corrected chi connectivity index (χ3v) is 5.12. The molecule has 0 spiro atoms.